The van der Waals surface area contributed by atoms with Crippen LogP contribution in [0.1, 0.15) is 30.3 Å². The maximum atomic E-state index is 12.5. The number of amides is 1. The van der Waals surface area contributed by atoms with Gasteiger partial charge < -0.3 is 15.2 Å². The third-order valence-electron chi connectivity index (χ3n) is 4.78. The molecule has 1 fully saturated rings. The van der Waals surface area contributed by atoms with Gasteiger partial charge in [0.1, 0.15) is 23.7 Å². The molecule has 0 unspecified atom stereocenters. The van der Waals surface area contributed by atoms with E-state index in [1.165, 1.54) is 19.2 Å². The number of piperidine rings is 1. The Hall–Kier alpha value is -2.89. The number of hydrogen-bond donors (Lipinski definition) is 2. The molecular weight excluding hydrogens is 314 g/mol. The second kappa shape index (κ2) is 6.55. The van der Waals surface area contributed by atoms with Crippen LogP contribution in [0, 0.1) is 5.92 Å². The molecule has 3 heterocycles. The zero-order valence-corrected chi connectivity index (χ0v) is 14.2. The summed E-state index contributed by atoms with van der Waals surface area (Å²) in [5.74, 6) is 1.95. The van der Waals surface area contributed by atoms with E-state index in [0.29, 0.717) is 11.5 Å². The van der Waals surface area contributed by atoms with Crippen LogP contribution in [0.15, 0.2) is 42.7 Å². The van der Waals surface area contributed by atoms with Crippen LogP contribution in [0.2, 0.25) is 0 Å². The number of carbonyl (C=O) groups is 1. The van der Waals surface area contributed by atoms with Crippen molar-refractivity contribution in [3.05, 3.63) is 48.4 Å². The molecule has 1 aromatic carbocycles. The zero-order valence-electron chi connectivity index (χ0n) is 14.2. The van der Waals surface area contributed by atoms with Gasteiger partial charge >= 0.3 is 0 Å². The third kappa shape index (κ3) is 3.33. The van der Waals surface area contributed by atoms with Crippen molar-refractivity contribution in [2.45, 2.75) is 19.8 Å². The largest absolute Gasteiger partial charge is 0.356 e. The number of carbonyl (C=O) groups excluding carboxylic acids is 1. The molecular formula is C19H21N5O. The molecule has 0 radical (unpaired) electrons. The molecule has 2 N–H and O–H groups in total. The molecule has 1 amide bonds. The van der Waals surface area contributed by atoms with E-state index in [2.05, 4.69) is 32.1 Å². The summed E-state index contributed by atoms with van der Waals surface area (Å²) >= 11 is 0. The maximum Gasteiger partial charge on any atom is 0.273 e. The molecule has 0 aliphatic carbocycles. The average Bonchev–Trinajstić information content (AvgIpc) is 3.07. The maximum absolute atomic E-state index is 12.5. The van der Waals surface area contributed by atoms with Crippen LogP contribution in [0.5, 0.6) is 0 Å². The van der Waals surface area contributed by atoms with Crippen molar-refractivity contribution in [1.82, 2.24) is 15.0 Å². The van der Waals surface area contributed by atoms with Gasteiger partial charge in [-0.25, -0.2) is 9.97 Å². The number of hydrogen-bond acceptors (Lipinski definition) is 4. The number of anilines is 2. The predicted molar refractivity (Wildman–Crippen MR) is 98.9 cm³/mol. The van der Waals surface area contributed by atoms with Gasteiger partial charge in [0, 0.05) is 30.1 Å². The zero-order chi connectivity index (χ0) is 17.2. The van der Waals surface area contributed by atoms with Gasteiger partial charge in [-0.3, -0.25) is 4.79 Å². The Morgan fingerprint density at radius 2 is 2.00 bits per heavy atom. The van der Waals surface area contributed by atoms with Gasteiger partial charge in [-0.15, -0.1) is 0 Å². The second-order valence-electron chi connectivity index (χ2n) is 6.66. The Labute approximate surface area is 146 Å². The molecule has 0 bridgehead atoms. The summed E-state index contributed by atoms with van der Waals surface area (Å²) in [5, 5.41) is 3.87. The van der Waals surface area contributed by atoms with E-state index in [-0.39, 0.29) is 5.91 Å². The predicted octanol–water partition coefficient (Wildman–Crippen LogP) is 3.45. The smallest absolute Gasteiger partial charge is 0.273 e. The second-order valence-corrected chi connectivity index (χ2v) is 6.66. The highest BCUT2D eigenvalue weighted by Gasteiger charge is 2.18. The van der Waals surface area contributed by atoms with Gasteiger partial charge in [0.15, 0.2) is 0 Å². The molecule has 1 saturated heterocycles. The minimum absolute atomic E-state index is 0.201. The monoisotopic (exact) mass is 335 g/mol. The lowest BCUT2D eigenvalue weighted by molar-refractivity contribution is 0.102. The lowest BCUT2D eigenvalue weighted by atomic mass is 9.99. The van der Waals surface area contributed by atoms with Crippen molar-refractivity contribution >= 4 is 28.4 Å². The van der Waals surface area contributed by atoms with Gasteiger partial charge in [0.05, 0.1) is 0 Å². The van der Waals surface area contributed by atoms with E-state index >= 15 is 0 Å². The molecule has 2 aromatic heterocycles. The number of para-hydroxylation sites is 1. The van der Waals surface area contributed by atoms with Crippen LogP contribution in [0.4, 0.5) is 11.6 Å². The topological polar surface area (TPSA) is 73.9 Å². The normalized spacial score (nSPS) is 15.5. The Bertz CT molecular complexity index is 862. The Balaban J connectivity index is 1.50. The number of rotatable bonds is 3. The SMILES string of the molecule is CC1CCN(c2cc(NC(=O)c3cc4ccccc4[nH]3)ncn2)CC1. The summed E-state index contributed by atoms with van der Waals surface area (Å²) in [6.07, 6.45) is 3.84. The quantitative estimate of drug-likeness (QED) is 0.769. The first-order valence-electron chi connectivity index (χ1n) is 8.65. The first-order valence-corrected chi connectivity index (χ1v) is 8.65. The van der Waals surface area contributed by atoms with Crippen molar-refractivity contribution < 1.29 is 4.79 Å². The lowest BCUT2D eigenvalue weighted by Crippen LogP contribution is -2.33. The van der Waals surface area contributed by atoms with Crippen LogP contribution < -0.4 is 10.2 Å². The van der Waals surface area contributed by atoms with Gasteiger partial charge in [-0.05, 0) is 30.9 Å². The molecule has 4 rings (SSSR count). The number of nitrogens with zero attached hydrogens (tertiary/aromatic N) is 3. The van der Waals surface area contributed by atoms with Crippen LogP contribution in [0.25, 0.3) is 10.9 Å². The van der Waals surface area contributed by atoms with Gasteiger partial charge in [-0.2, -0.15) is 0 Å². The number of aromatic nitrogens is 3. The number of H-pyrrole nitrogens is 1. The summed E-state index contributed by atoms with van der Waals surface area (Å²) < 4.78 is 0. The summed E-state index contributed by atoms with van der Waals surface area (Å²) in [6.45, 7) is 4.27. The Morgan fingerprint density at radius 3 is 2.80 bits per heavy atom. The van der Waals surface area contributed by atoms with Crippen molar-refractivity contribution in [2.24, 2.45) is 5.92 Å². The minimum Gasteiger partial charge on any atom is -0.356 e. The summed E-state index contributed by atoms with van der Waals surface area (Å²) in [6, 6.07) is 11.5. The van der Waals surface area contributed by atoms with E-state index in [9.17, 15) is 4.79 Å². The van der Waals surface area contributed by atoms with E-state index < -0.39 is 0 Å². The van der Waals surface area contributed by atoms with E-state index in [0.717, 1.165) is 35.7 Å². The number of fused-ring (bicyclic) bond motifs is 1. The third-order valence-corrected chi connectivity index (χ3v) is 4.78. The Morgan fingerprint density at radius 1 is 1.20 bits per heavy atom. The van der Waals surface area contributed by atoms with Gasteiger partial charge in [0.2, 0.25) is 0 Å². The molecule has 1 aliphatic heterocycles. The number of aromatic amines is 1. The van der Waals surface area contributed by atoms with Crippen molar-refractivity contribution in [3.8, 4) is 0 Å². The van der Waals surface area contributed by atoms with Crippen LogP contribution >= 0.6 is 0 Å². The molecule has 6 nitrogen and oxygen atoms in total. The molecule has 1 aliphatic rings. The van der Waals surface area contributed by atoms with E-state index in [4.69, 9.17) is 0 Å². The number of benzene rings is 1. The fraction of sp³-hybridized carbons (Fsp3) is 0.316. The van der Waals surface area contributed by atoms with Crippen LogP contribution in [0.3, 0.4) is 0 Å². The van der Waals surface area contributed by atoms with Gasteiger partial charge in [0.25, 0.3) is 5.91 Å². The molecule has 128 valence electrons. The number of nitrogens with one attached hydrogen (secondary N) is 2. The first-order chi connectivity index (χ1) is 12.2. The lowest BCUT2D eigenvalue weighted by Gasteiger charge is -2.31. The van der Waals surface area contributed by atoms with Crippen molar-refractivity contribution in [3.63, 3.8) is 0 Å². The molecule has 6 heteroatoms. The van der Waals surface area contributed by atoms with Gasteiger partial charge in [-0.1, -0.05) is 25.1 Å². The standard InChI is InChI=1S/C19H21N5O/c1-13-6-8-24(9-7-13)18-11-17(20-12-21-18)23-19(25)16-10-14-4-2-3-5-15(14)22-16/h2-5,10-13,22H,6-9H2,1H3,(H,20,21,23,25). The average molecular weight is 335 g/mol. The highest BCUT2D eigenvalue weighted by atomic mass is 16.1. The van der Waals surface area contributed by atoms with E-state index in [1.807, 2.05) is 36.4 Å². The fourth-order valence-corrected chi connectivity index (χ4v) is 3.21. The van der Waals surface area contributed by atoms with Crippen molar-refractivity contribution in [1.29, 1.82) is 0 Å². The van der Waals surface area contributed by atoms with Crippen LogP contribution in [-0.4, -0.2) is 33.9 Å². The fourth-order valence-electron chi connectivity index (χ4n) is 3.21. The minimum atomic E-state index is -0.201. The first kappa shape index (κ1) is 15.6. The summed E-state index contributed by atoms with van der Waals surface area (Å²) in [7, 11) is 0. The van der Waals surface area contributed by atoms with Crippen molar-refractivity contribution in [2.75, 3.05) is 23.3 Å². The summed E-state index contributed by atoms with van der Waals surface area (Å²) in [5.41, 5.74) is 1.46. The highest BCUT2D eigenvalue weighted by molar-refractivity contribution is 6.05. The molecule has 0 saturated carbocycles. The molecule has 25 heavy (non-hydrogen) atoms. The molecule has 0 atom stereocenters. The summed E-state index contributed by atoms with van der Waals surface area (Å²) in [4.78, 5) is 26.4. The van der Waals surface area contributed by atoms with Crippen LogP contribution in [-0.2, 0) is 0 Å². The molecule has 3 aromatic rings. The Kier molecular flexibility index (Phi) is 4.09. The molecule has 0 spiro atoms. The highest BCUT2D eigenvalue weighted by Crippen LogP contribution is 2.22. The van der Waals surface area contributed by atoms with E-state index in [1.54, 1.807) is 0 Å².